The lowest BCUT2D eigenvalue weighted by Gasteiger charge is -2.33. The lowest BCUT2D eigenvalue weighted by molar-refractivity contribution is -0.127. The van der Waals surface area contributed by atoms with E-state index in [9.17, 15) is 4.79 Å². The number of methoxy groups -OCH3 is 1. The van der Waals surface area contributed by atoms with Crippen LogP contribution in [0.2, 0.25) is 0 Å². The Hall–Kier alpha value is -0.610. The first kappa shape index (κ1) is 15.8. The van der Waals surface area contributed by atoms with Crippen molar-refractivity contribution < 1.29 is 9.53 Å². The highest BCUT2D eigenvalue weighted by molar-refractivity contribution is 5.81. The molecule has 1 saturated carbocycles. The van der Waals surface area contributed by atoms with E-state index in [-0.39, 0.29) is 17.4 Å². The van der Waals surface area contributed by atoms with Crippen LogP contribution in [0.3, 0.4) is 0 Å². The van der Waals surface area contributed by atoms with Gasteiger partial charge in [0.05, 0.1) is 12.6 Å². The van der Waals surface area contributed by atoms with Gasteiger partial charge in [0.15, 0.2) is 0 Å². The van der Waals surface area contributed by atoms with Crippen LogP contribution in [0.4, 0.5) is 0 Å². The fraction of sp³-hybridized carbons (Fsp3) is 0.938. The zero-order valence-corrected chi connectivity index (χ0v) is 13.1. The average Bonchev–Trinajstić information content (AvgIpc) is 2.94. The van der Waals surface area contributed by atoms with Gasteiger partial charge in [-0.05, 0) is 45.7 Å². The normalized spacial score (nSPS) is 24.5. The molecule has 1 atom stereocenters. The Morgan fingerprint density at radius 3 is 2.45 bits per heavy atom. The quantitative estimate of drug-likeness (QED) is 0.812. The van der Waals surface area contributed by atoms with Crippen LogP contribution in [0.25, 0.3) is 0 Å². The van der Waals surface area contributed by atoms with Gasteiger partial charge in [-0.1, -0.05) is 19.3 Å². The summed E-state index contributed by atoms with van der Waals surface area (Å²) in [5, 5.41) is 3.19. The van der Waals surface area contributed by atoms with Crippen LogP contribution in [-0.4, -0.2) is 50.2 Å². The van der Waals surface area contributed by atoms with Gasteiger partial charge in [0, 0.05) is 19.1 Å². The summed E-state index contributed by atoms with van der Waals surface area (Å²) in [4.78, 5) is 14.7. The topological polar surface area (TPSA) is 41.6 Å². The monoisotopic (exact) mass is 282 g/mol. The molecule has 0 aromatic carbocycles. The molecule has 116 valence electrons. The molecule has 0 aromatic heterocycles. The molecule has 0 aromatic rings. The summed E-state index contributed by atoms with van der Waals surface area (Å²) in [6, 6.07) is 0.0105. The summed E-state index contributed by atoms with van der Waals surface area (Å²) in [5.74, 6) is 0.189. The van der Waals surface area contributed by atoms with E-state index < -0.39 is 0 Å². The number of hydrogen-bond donors (Lipinski definition) is 1. The fourth-order valence-corrected chi connectivity index (χ4v) is 3.70. The number of carbonyl (C=O) groups excluding carboxylic acids is 1. The maximum atomic E-state index is 12.4. The van der Waals surface area contributed by atoms with Crippen LogP contribution in [0.5, 0.6) is 0 Å². The van der Waals surface area contributed by atoms with Crippen LogP contribution in [0.15, 0.2) is 0 Å². The zero-order valence-electron chi connectivity index (χ0n) is 13.1. The van der Waals surface area contributed by atoms with E-state index in [4.69, 9.17) is 4.74 Å². The summed E-state index contributed by atoms with van der Waals surface area (Å²) in [6.07, 6.45) is 8.65. The van der Waals surface area contributed by atoms with Crippen LogP contribution in [-0.2, 0) is 9.53 Å². The Morgan fingerprint density at radius 1 is 1.20 bits per heavy atom. The molecule has 0 radical (unpaired) electrons. The predicted octanol–water partition coefficient (Wildman–Crippen LogP) is 2.18. The lowest BCUT2D eigenvalue weighted by atomic mass is 9.87. The number of ether oxygens (including phenoxy) is 1. The van der Waals surface area contributed by atoms with E-state index in [0.717, 1.165) is 26.2 Å². The van der Waals surface area contributed by atoms with Gasteiger partial charge < -0.3 is 10.1 Å². The Bertz CT molecular complexity index is 308. The number of nitrogens with one attached hydrogen (secondary N) is 1. The van der Waals surface area contributed by atoms with Crippen LogP contribution >= 0.6 is 0 Å². The second-order valence-electron chi connectivity index (χ2n) is 6.63. The predicted molar refractivity (Wildman–Crippen MR) is 80.7 cm³/mol. The minimum absolute atomic E-state index is 0.0105. The van der Waals surface area contributed by atoms with E-state index in [0.29, 0.717) is 0 Å². The van der Waals surface area contributed by atoms with Crippen LogP contribution < -0.4 is 5.32 Å². The second kappa shape index (κ2) is 7.41. The number of piperidine rings is 1. The minimum Gasteiger partial charge on any atom is -0.384 e. The molecule has 20 heavy (non-hydrogen) atoms. The standard InChI is InChI=1S/C16H30N2O2/c1-14(18-10-6-3-7-11-18)15(19)17-12-16(13-20-2)8-4-5-9-16/h14H,3-13H2,1-2H3,(H,17,19)/t14-/m1/s1. The first-order valence-electron chi connectivity index (χ1n) is 8.18. The van der Waals surface area contributed by atoms with Crippen molar-refractivity contribution in [1.29, 1.82) is 0 Å². The summed E-state index contributed by atoms with van der Waals surface area (Å²) in [6.45, 7) is 5.72. The average molecular weight is 282 g/mol. The number of hydrogen-bond acceptors (Lipinski definition) is 3. The third-order valence-corrected chi connectivity index (χ3v) is 5.07. The first-order chi connectivity index (χ1) is 9.67. The van der Waals surface area contributed by atoms with Gasteiger partial charge in [0.25, 0.3) is 0 Å². The van der Waals surface area contributed by atoms with Crippen molar-refractivity contribution in [3.63, 3.8) is 0 Å². The number of amides is 1. The van der Waals surface area contributed by atoms with Gasteiger partial charge >= 0.3 is 0 Å². The molecule has 0 spiro atoms. The molecule has 1 aliphatic heterocycles. The number of likely N-dealkylation sites (tertiary alicyclic amines) is 1. The molecule has 1 amide bonds. The Morgan fingerprint density at radius 2 is 1.85 bits per heavy atom. The molecule has 2 fully saturated rings. The van der Waals surface area contributed by atoms with Crippen molar-refractivity contribution in [3.05, 3.63) is 0 Å². The maximum absolute atomic E-state index is 12.4. The van der Waals surface area contributed by atoms with E-state index in [1.807, 2.05) is 6.92 Å². The molecular weight excluding hydrogens is 252 g/mol. The SMILES string of the molecule is COCC1(CNC(=O)[C@@H](C)N2CCCCC2)CCCC1. The van der Waals surface area contributed by atoms with Crippen LogP contribution in [0.1, 0.15) is 51.9 Å². The largest absolute Gasteiger partial charge is 0.384 e. The van der Waals surface area contributed by atoms with Crippen molar-refractivity contribution in [2.75, 3.05) is 33.4 Å². The smallest absolute Gasteiger partial charge is 0.237 e. The van der Waals surface area contributed by atoms with Crippen molar-refractivity contribution in [3.8, 4) is 0 Å². The highest BCUT2D eigenvalue weighted by Gasteiger charge is 2.35. The van der Waals surface area contributed by atoms with Gasteiger partial charge in [-0.25, -0.2) is 0 Å². The van der Waals surface area contributed by atoms with Crippen molar-refractivity contribution in [2.24, 2.45) is 5.41 Å². The molecule has 1 aliphatic carbocycles. The molecule has 4 heteroatoms. The third kappa shape index (κ3) is 3.95. The third-order valence-electron chi connectivity index (χ3n) is 5.07. The zero-order chi connectivity index (χ0) is 14.4. The van der Waals surface area contributed by atoms with E-state index >= 15 is 0 Å². The van der Waals surface area contributed by atoms with Gasteiger partial charge in [-0.15, -0.1) is 0 Å². The van der Waals surface area contributed by atoms with E-state index in [1.54, 1.807) is 7.11 Å². The molecule has 4 nitrogen and oxygen atoms in total. The highest BCUT2D eigenvalue weighted by atomic mass is 16.5. The van der Waals surface area contributed by atoms with Crippen molar-refractivity contribution >= 4 is 5.91 Å². The van der Waals surface area contributed by atoms with Gasteiger partial charge in [-0.3, -0.25) is 9.69 Å². The number of rotatable bonds is 6. The van der Waals surface area contributed by atoms with E-state index in [1.165, 1.54) is 44.9 Å². The molecule has 0 bridgehead atoms. The molecule has 2 rings (SSSR count). The Kier molecular flexibility index (Phi) is 5.85. The molecule has 0 unspecified atom stereocenters. The summed E-state index contributed by atoms with van der Waals surface area (Å²) >= 11 is 0. The van der Waals surface area contributed by atoms with Crippen LogP contribution in [0, 0.1) is 5.41 Å². The molecule has 2 aliphatic rings. The second-order valence-corrected chi connectivity index (χ2v) is 6.63. The van der Waals surface area contributed by atoms with Crippen molar-refractivity contribution in [2.45, 2.75) is 57.9 Å². The molecule has 1 N–H and O–H groups in total. The summed E-state index contributed by atoms with van der Waals surface area (Å²) in [5.41, 5.74) is 0.187. The highest BCUT2D eigenvalue weighted by Crippen LogP contribution is 2.37. The van der Waals surface area contributed by atoms with Gasteiger partial charge in [0.2, 0.25) is 5.91 Å². The molecule has 1 saturated heterocycles. The Balaban J connectivity index is 1.80. The number of carbonyl (C=O) groups is 1. The van der Waals surface area contributed by atoms with Gasteiger partial charge in [0.1, 0.15) is 0 Å². The maximum Gasteiger partial charge on any atom is 0.237 e. The fourth-order valence-electron chi connectivity index (χ4n) is 3.70. The van der Waals surface area contributed by atoms with Crippen molar-refractivity contribution in [1.82, 2.24) is 10.2 Å². The van der Waals surface area contributed by atoms with E-state index in [2.05, 4.69) is 10.2 Å². The minimum atomic E-state index is 0.0105. The molecule has 1 heterocycles. The molecular formula is C16H30N2O2. The summed E-state index contributed by atoms with van der Waals surface area (Å²) < 4.78 is 5.38. The number of nitrogens with zero attached hydrogens (tertiary/aromatic N) is 1. The lowest BCUT2D eigenvalue weighted by Crippen LogP contribution is -2.49. The summed E-state index contributed by atoms with van der Waals surface area (Å²) in [7, 11) is 1.76. The first-order valence-corrected chi connectivity index (χ1v) is 8.18. The Labute approximate surface area is 123 Å². The van der Waals surface area contributed by atoms with Gasteiger partial charge in [-0.2, -0.15) is 0 Å².